The fourth-order valence-electron chi connectivity index (χ4n) is 2.80. The highest BCUT2D eigenvalue weighted by atomic mass is 32.1. The molecular weight excluding hydrogens is 308 g/mol. The topological polar surface area (TPSA) is 50.2 Å². The second kappa shape index (κ2) is 6.45. The highest BCUT2D eigenvalue weighted by Crippen LogP contribution is 2.41. The Morgan fingerprint density at radius 3 is 2.87 bits per heavy atom. The van der Waals surface area contributed by atoms with Crippen molar-refractivity contribution in [2.45, 2.75) is 38.8 Å². The smallest absolute Gasteiger partial charge is 0.253 e. The lowest BCUT2D eigenvalue weighted by Crippen LogP contribution is -2.23. The van der Waals surface area contributed by atoms with Crippen molar-refractivity contribution in [1.29, 1.82) is 0 Å². The second-order valence-corrected chi connectivity index (χ2v) is 7.50. The summed E-state index contributed by atoms with van der Waals surface area (Å²) in [5, 5.41) is 6.01. The van der Waals surface area contributed by atoms with Crippen LogP contribution < -0.4 is 5.32 Å². The van der Waals surface area contributed by atoms with Gasteiger partial charge in [0.25, 0.3) is 5.91 Å². The number of thiazole rings is 1. The average Bonchev–Trinajstić information content (AvgIpc) is 3.17. The average molecular weight is 332 g/mol. The van der Waals surface area contributed by atoms with E-state index in [-0.39, 0.29) is 5.91 Å². The normalized spacial score (nSPS) is 14.5. The van der Waals surface area contributed by atoms with E-state index in [0.717, 1.165) is 28.5 Å². The maximum absolute atomic E-state index is 12.5. The number of aromatic nitrogens is 2. The zero-order chi connectivity index (χ0) is 16.6. The van der Waals surface area contributed by atoms with Crippen LogP contribution in [0.4, 0.5) is 0 Å². The molecule has 1 aliphatic rings. The molecule has 1 aliphatic carbocycles. The van der Waals surface area contributed by atoms with E-state index in [1.54, 1.807) is 11.3 Å². The third kappa shape index (κ3) is 3.64. The third-order valence-corrected chi connectivity index (χ3v) is 5.19. The first-order valence-corrected chi connectivity index (χ1v) is 8.86. The number of hydrogen-bond donors (Lipinski definition) is 1. The molecule has 1 amide bonds. The molecule has 124 valence electrons. The molecule has 0 bridgehead atoms. The summed E-state index contributed by atoms with van der Waals surface area (Å²) in [7, 11) is 6.10. The number of nitrogens with one attached hydrogen (secondary N) is 1. The Hall–Kier alpha value is -1.66. The Bertz CT molecular complexity index is 712. The molecule has 1 saturated carbocycles. The number of carbonyl (C=O) groups is 1. The van der Waals surface area contributed by atoms with E-state index in [9.17, 15) is 4.79 Å². The molecule has 0 aliphatic heterocycles. The van der Waals surface area contributed by atoms with Crippen molar-refractivity contribution in [3.8, 4) is 0 Å². The molecule has 0 atom stereocenters. The fraction of sp³-hybridized carbons (Fsp3) is 0.529. The fourth-order valence-corrected chi connectivity index (χ4v) is 3.53. The Morgan fingerprint density at radius 2 is 2.22 bits per heavy atom. The lowest BCUT2D eigenvalue weighted by Gasteiger charge is -2.06. The van der Waals surface area contributed by atoms with Crippen LogP contribution in [0.25, 0.3) is 0 Å². The maximum Gasteiger partial charge on any atom is 0.253 e. The molecule has 0 aromatic carbocycles. The molecule has 2 aromatic rings. The molecule has 0 unspecified atom stereocenters. The molecule has 5 nitrogen and oxygen atoms in total. The van der Waals surface area contributed by atoms with Crippen LogP contribution in [0.2, 0.25) is 0 Å². The van der Waals surface area contributed by atoms with Crippen molar-refractivity contribution in [3.05, 3.63) is 39.1 Å². The predicted octanol–water partition coefficient (Wildman–Crippen LogP) is 2.66. The van der Waals surface area contributed by atoms with Gasteiger partial charge in [-0.1, -0.05) is 0 Å². The summed E-state index contributed by atoms with van der Waals surface area (Å²) >= 11 is 1.60. The number of amides is 1. The van der Waals surface area contributed by atoms with Crippen molar-refractivity contribution in [2.75, 3.05) is 14.1 Å². The van der Waals surface area contributed by atoms with Gasteiger partial charge in [0.1, 0.15) is 5.01 Å². The third-order valence-electron chi connectivity index (χ3n) is 4.29. The van der Waals surface area contributed by atoms with Crippen molar-refractivity contribution in [3.63, 3.8) is 0 Å². The van der Waals surface area contributed by atoms with Gasteiger partial charge in [0, 0.05) is 30.4 Å². The minimum Gasteiger partial charge on any atom is -0.351 e. The van der Waals surface area contributed by atoms with Crippen LogP contribution in [0.5, 0.6) is 0 Å². The molecule has 2 heterocycles. The summed E-state index contributed by atoms with van der Waals surface area (Å²) in [6, 6.07) is 2.06. The summed E-state index contributed by atoms with van der Waals surface area (Å²) in [6.07, 6.45) is 2.48. The summed E-state index contributed by atoms with van der Waals surface area (Å²) in [4.78, 5) is 19.1. The first-order chi connectivity index (χ1) is 11.0. The molecule has 0 saturated heterocycles. The van der Waals surface area contributed by atoms with Crippen LogP contribution in [0.15, 0.2) is 11.4 Å². The summed E-state index contributed by atoms with van der Waals surface area (Å²) in [5.74, 6) is 0.641. The van der Waals surface area contributed by atoms with Gasteiger partial charge in [-0.25, -0.2) is 4.98 Å². The van der Waals surface area contributed by atoms with Gasteiger partial charge in [-0.3, -0.25) is 4.79 Å². The van der Waals surface area contributed by atoms with E-state index in [0.29, 0.717) is 12.5 Å². The zero-order valence-electron chi connectivity index (χ0n) is 14.2. The van der Waals surface area contributed by atoms with E-state index in [1.165, 1.54) is 18.5 Å². The van der Waals surface area contributed by atoms with Gasteiger partial charge in [0.2, 0.25) is 0 Å². The first-order valence-electron chi connectivity index (χ1n) is 7.98. The van der Waals surface area contributed by atoms with E-state index in [4.69, 9.17) is 0 Å². The molecule has 0 radical (unpaired) electrons. The molecule has 1 N–H and O–H groups in total. The monoisotopic (exact) mass is 332 g/mol. The van der Waals surface area contributed by atoms with Crippen molar-refractivity contribution >= 4 is 17.2 Å². The molecule has 0 spiro atoms. The molecular formula is C17H24N4OS. The lowest BCUT2D eigenvalue weighted by atomic mass is 10.2. The molecule has 3 rings (SSSR count). The largest absolute Gasteiger partial charge is 0.351 e. The van der Waals surface area contributed by atoms with Crippen LogP contribution in [0.1, 0.15) is 51.2 Å². The van der Waals surface area contributed by atoms with E-state index in [1.807, 2.05) is 28.1 Å². The Kier molecular flexibility index (Phi) is 4.55. The highest BCUT2D eigenvalue weighted by Gasteiger charge is 2.28. The Morgan fingerprint density at radius 1 is 1.48 bits per heavy atom. The minimum absolute atomic E-state index is 0.00522. The lowest BCUT2D eigenvalue weighted by molar-refractivity contribution is 0.0950. The summed E-state index contributed by atoms with van der Waals surface area (Å²) < 4.78 is 2.16. The van der Waals surface area contributed by atoms with Crippen molar-refractivity contribution < 1.29 is 4.79 Å². The Labute approximate surface area is 141 Å². The minimum atomic E-state index is -0.00522. The second-order valence-electron chi connectivity index (χ2n) is 6.55. The van der Waals surface area contributed by atoms with Crippen LogP contribution in [0, 0.1) is 6.92 Å². The van der Waals surface area contributed by atoms with Crippen LogP contribution >= 0.6 is 11.3 Å². The first kappa shape index (κ1) is 16.2. The quantitative estimate of drug-likeness (QED) is 0.885. The van der Waals surface area contributed by atoms with Crippen molar-refractivity contribution in [2.24, 2.45) is 7.05 Å². The number of hydrogen-bond acceptors (Lipinski definition) is 4. The van der Waals surface area contributed by atoms with Gasteiger partial charge < -0.3 is 14.8 Å². The highest BCUT2D eigenvalue weighted by molar-refractivity contribution is 7.09. The summed E-state index contributed by atoms with van der Waals surface area (Å²) in [5.41, 5.74) is 4.17. The number of nitrogens with zero attached hydrogens (tertiary/aromatic N) is 3. The molecule has 2 aromatic heterocycles. The molecule has 23 heavy (non-hydrogen) atoms. The number of rotatable bonds is 6. The predicted molar refractivity (Wildman–Crippen MR) is 92.8 cm³/mol. The van der Waals surface area contributed by atoms with Crippen LogP contribution in [0.3, 0.4) is 0 Å². The van der Waals surface area contributed by atoms with Gasteiger partial charge in [0.05, 0.1) is 17.8 Å². The standard InChI is InChI=1S/C17H24N4OS/c1-11-14(7-15(21(11)4)12-5-6-12)17(22)18-8-16-19-13(10-23-16)9-20(2)3/h7,10,12H,5-6,8-9H2,1-4H3,(H,18,22). The molecule has 1 fully saturated rings. The number of carbonyl (C=O) groups excluding carboxylic acids is 1. The van der Waals surface area contributed by atoms with Crippen LogP contribution in [-0.4, -0.2) is 34.5 Å². The summed E-state index contributed by atoms with van der Waals surface area (Å²) in [6.45, 7) is 3.33. The van der Waals surface area contributed by atoms with Gasteiger partial charge in [-0.2, -0.15) is 0 Å². The van der Waals surface area contributed by atoms with Gasteiger partial charge in [0.15, 0.2) is 0 Å². The maximum atomic E-state index is 12.5. The molecule has 6 heteroatoms. The van der Waals surface area contributed by atoms with Gasteiger partial charge in [-0.15, -0.1) is 11.3 Å². The van der Waals surface area contributed by atoms with E-state index >= 15 is 0 Å². The Balaban J connectivity index is 1.63. The van der Waals surface area contributed by atoms with Gasteiger partial charge >= 0.3 is 0 Å². The zero-order valence-corrected chi connectivity index (χ0v) is 15.0. The van der Waals surface area contributed by atoms with Gasteiger partial charge in [-0.05, 0) is 45.8 Å². The van der Waals surface area contributed by atoms with E-state index in [2.05, 4.69) is 31.2 Å². The van der Waals surface area contributed by atoms with Crippen molar-refractivity contribution in [1.82, 2.24) is 19.8 Å². The SMILES string of the molecule is Cc1c(C(=O)NCc2nc(CN(C)C)cs2)cc(C2CC2)n1C. The van der Waals surface area contributed by atoms with Crippen LogP contribution in [-0.2, 0) is 20.1 Å². The van der Waals surface area contributed by atoms with E-state index < -0.39 is 0 Å².